The molecule has 5 nitrogen and oxygen atoms in total. The molecule has 0 heterocycles. The van der Waals surface area contributed by atoms with E-state index in [1.165, 1.54) is 6.08 Å². The van der Waals surface area contributed by atoms with E-state index in [-0.39, 0.29) is 12.2 Å². The van der Waals surface area contributed by atoms with E-state index in [9.17, 15) is 10.1 Å². The van der Waals surface area contributed by atoms with Gasteiger partial charge in [-0.3, -0.25) is 4.79 Å². The molecule has 0 atom stereocenters. The molecule has 162 valence electrons. The fraction of sp³-hybridized carbons (Fsp3) is 0.154. The van der Waals surface area contributed by atoms with Gasteiger partial charge < -0.3 is 14.8 Å². The van der Waals surface area contributed by atoms with E-state index in [0.29, 0.717) is 28.6 Å². The van der Waals surface area contributed by atoms with Crippen molar-refractivity contribution in [3.63, 3.8) is 0 Å². The average Bonchev–Trinajstić information content (AvgIpc) is 2.78. The van der Waals surface area contributed by atoms with Gasteiger partial charge in [0.1, 0.15) is 36.4 Å². The molecule has 0 radical (unpaired) electrons. The van der Waals surface area contributed by atoms with Crippen molar-refractivity contribution < 1.29 is 14.3 Å². The summed E-state index contributed by atoms with van der Waals surface area (Å²) in [6.07, 6.45) is 1.47. The fourth-order valence-corrected chi connectivity index (χ4v) is 3.10. The van der Waals surface area contributed by atoms with E-state index in [0.717, 1.165) is 16.9 Å². The Morgan fingerprint density at radius 3 is 2.47 bits per heavy atom. The number of benzene rings is 3. The number of carbonyl (C=O) groups excluding carboxylic acids is 1. The number of ether oxygens (including phenoxy) is 2. The Hall–Kier alpha value is -3.75. The first-order valence-electron chi connectivity index (χ1n) is 10.1. The van der Waals surface area contributed by atoms with Crippen LogP contribution in [0, 0.1) is 25.2 Å². The van der Waals surface area contributed by atoms with Crippen LogP contribution >= 0.6 is 11.6 Å². The third kappa shape index (κ3) is 6.37. The second-order valence-electron chi connectivity index (χ2n) is 7.13. The minimum atomic E-state index is -0.504. The molecule has 1 amide bonds. The second-order valence-corrected chi connectivity index (χ2v) is 7.57. The van der Waals surface area contributed by atoms with Crippen LogP contribution in [0.1, 0.15) is 16.7 Å². The number of amides is 1. The SMILES string of the molecule is Cc1ccc(OCCOc2ccc(Cl)cc2C=C(C#N)C(=O)Nc2ccccc2C)cc1. The first-order valence-corrected chi connectivity index (χ1v) is 10.4. The van der Waals surface area contributed by atoms with Crippen LogP contribution in [0.4, 0.5) is 5.69 Å². The summed E-state index contributed by atoms with van der Waals surface area (Å²) in [6, 6.07) is 22.1. The van der Waals surface area contributed by atoms with Crippen LogP contribution in [0.2, 0.25) is 5.02 Å². The molecule has 0 saturated carbocycles. The summed E-state index contributed by atoms with van der Waals surface area (Å²) >= 11 is 6.13. The van der Waals surface area contributed by atoms with Crippen molar-refractivity contribution in [3.8, 4) is 17.6 Å². The molecule has 0 spiro atoms. The zero-order valence-corrected chi connectivity index (χ0v) is 18.6. The Labute approximate surface area is 192 Å². The number of rotatable bonds is 8. The topological polar surface area (TPSA) is 71.3 Å². The number of aryl methyl sites for hydroxylation is 2. The third-order valence-corrected chi connectivity index (χ3v) is 4.90. The highest BCUT2D eigenvalue weighted by atomic mass is 35.5. The minimum absolute atomic E-state index is 0.0590. The monoisotopic (exact) mass is 446 g/mol. The van der Waals surface area contributed by atoms with Crippen molar-refractivity contribution in [1.82, 2.24) is 0 Å². The summed E-state index contributed by atoms with van der Waals surface area (Å²) in [5.41, 5.74) is 3.18. The zero-order chi connectivity index (χ0) is 22.9. The molecule has 1 N–H and O–H groups in total. The van der Waals surface area contributed by atoms with Crippen LogP contribution in [-0.2, 0) is 4.79 Å². The quantitative estimate of drug-likeness (QED) is 0.263. The molecule has 3 aromatic rings. The summed E-state index contributed by atoms with van der Waals surface area (Å²) < 4.78 is 11.5. The number of halogens is 1. The van der Waals surface area contributed by atoms with E-state index in [1.807, 2.05) is 62.4 Å². The van der Waals surface area contributed by atoms with Gasteiger partial charge in [-0.15, -0.1) is 0 Å². The average molecular weight is 447 g/mol. The number of hydrogen-bond acceptors (Lipinski definition) is 4. The van der Waals surface area contributed by atoms with Crippen molar-refractivity contribution in [1.29, 1.82) is 5.26 Å². The van der Waals surface area contributed by atoms with Crippen LogP contribution in [0.25, 0.3) is 6.08 Å². The molecule has 0 aliphatic carbocycles. The summed E-state index contributed by atoms with van der Waals surface area (Å²) in [5, 5.41) is 12.8. The number of nitrogens with zero attached hydrogens (tertiary/aromatic N) is 1. The Morgan fingerprint density at radius 1 is 1.03 bits per heavy atom. The zero-order valence-electron chi connectivity index (χ0n) is 17.9. The van der Waals surface area contributed by atoms with Crippen LogP contribution in [0.3, 0.4) is 0 Å². The van der Waals surface area contributed by atoms with Crippen LogP contribution in [-0.4, -0.2) is 19.1 Å². The Morgan fingerprint density at radius 2 is 1.75 bits per heavy atom. The Balaban J connectivity index is 1.70. The lowest BCUT2D eigenvalue weighted by atomic mass is 10.1. The highest BCUT2D eigenvalue weighted by Gasteiger charge is 2.13. The molecule has 0 fully saturated rings. The Bertz CT molecular complexity index is 1160. The third-order valence-electron chi connectivity index (χ3n) is 4.66. The molecule has 0 aliphatic heterocycles. The van der Waals surface area contributed by atoms with E-state index in [4.69, 9.17) is 21.1 Å². The summed E-state index contributed by atoms with van der Waals surface area (Å²) in [4.78, 5) is 12.6. The van der Waals surface area contributed by atoms with E-state index in [1.54, 1.807) is 24.3 Å². The van der Waals surface area contributed by atoms with Gasteiger partial charge >= 0.3 is 0 Å². The van der Waals surface area contributed by atoms with Gasteiger partial charge in [-0.05, 0) is 61.9 Å². The van der Waals surface area contributed by atoms with Crippen molar-refractivity contribution >= 4 is 29.3 Å². The van der Waals surface area contributed by atoms with E-state index >= 15 is 0 Å². The van der Waals surface area contributed by atoms with Gasteiger partial charge in [0.05, 0.1) is 0 Å². The largest absolute Gasteiger partial charge is 0.490 e. The van der Waals surface area contributed by atoms with Gasteiger partial charge in [0, 0.05) is 16.3 Å². The van der Waals surface area contributed by atoms with Crippen LogP contribution < -0.4 is 14.8 Å². The van der Waals surface area contributed by atoms with Gasteiger partial charge in [-0.1, -0.05) is 47.5 Å². The highest BCUT2D eigenvalue weighted by Crippen LogP contribution is 2.26. The summed E-state index contributed by atoms with van der Waals surface area (Å²) in [6.45, 7) is 4.52. The number of para-hydroxylation sites is 1. The molecule has 6 heteroatoms. The van der Waals surface area contributed by atoms with Crippen molar-refractivity contribution in [2.75, 3.05) is 18.5 Å². The van der Waals surface area contributed by atoms with E-state index < -0.39 is 5.91 Å². The van der Waals surface area contributed by atoms with Crippen molar-refractivity contribution in [2.24, 2.45) is 0 Å². The van der Waals surface area contributed by atoms with Crippen LogP contribution in [0.5, 0.6) is 11.5 Å². The van der Waals surface area contributed by atoms with E-state index in [2.05, 4.69) is 5.32 Å². The number of hydrogen-bond donors (Lipinski definition) is 1. The minimum Gasteiger partial charge on any atom is -0.490 e. The van der Waals surface area contributed by atoms with Crippen LogP contribution in [0.15, 0.2) is 72.3 Å². The fourth-order valence-electron chi connectivity index (χ4n) is 2.92. The number of carbonyl (C=O) groups is 1. The predicted octanol–water partition coefficient (Wildman–Crippen LogP) is 5.96. The highest BCUT2D eigenvalue weighted by molar-refractivity contribution is 6.30. The van der Waals surface area contributed by atoms with Gasteiger partial charge in [0.25, 0.3) is 5.91 Å². The maximum Gasteiger partial charge on any atom is 0.266 e. The van der Waals surface area contributed by atoms with Crippen molar-refractivity contribution in [3.05, 3.63) is 94.0 Å². The van der Waals surface area contributed by atoms with Crippen molar-refractivity contribution in [2.45, 2.75) is 13.8 Å². The molecule has 0 aromatic heterocycles. The molecule has 0 aliphatic rings. The lowest BCUT2D eigenvalue weighted by Crippen LogP contribution is -2.14. The second kappa shape index (κ2) is 11.0. The summed E-state index contributed by atoms with van der Waals surface area (Å²) in [5.74, 6) is 0.754. The van der Waals surface area contributed by atoms with Gasteiger partial charge in [0.15, 0.2) is 0 Å². The first kappa shape index (κ1) is 22.9. The molecular weight excluding hydrogens is 424 g/mol. The molecule has 0 unspecified atom stereocenters. The first-order chi connectivity index (χ1) is 15.5. The Kier molecular flexibility index (Phi) is 7.91. The molecule has 32 heavy (non-hydrogen) atoms. The standard InChI is InChI=1S/C26H23ClN2O3/c1-18-7-10-23(11-8-18)31-13-14-32-25-12-9-22(27)16-20(25)15-21(17-28)26(30)29-24-6-4-3-5-19(24)2/h3-12,15-16H,13-14H2,1-2H3,(H,29,30). The smallest absolute Gasteiger partial charge is 0.266 e. The molecule has 3 rings (SSSR count). The maximum absolute atomic E-state index is 12.6. The molecule has 3 aromatic carbocycles. The lowest BCUT2D eigenvalue weighted by Gasteiger charge is -2.12. The van der Waals surface area contributed by atoms with Gasteiger partial charge in [-0.25, -0.2) is 0 Å². The number of anilines is 1. The van der Waals surface area contributed by atoms with Gasteiger partial charge in [-0.2, -0.15) is 5.26 Å². The maximum atomic E-state index is 12.6. The predicted molar refractivity (Wildman–Crippen MR) is 127 cm³/mol. The summed E-state index contributed by atoms with van der Waals surface area (Å²) in [7, 11) is 0. The number of nitrogens with one attached hydrogen (secondary N) is 1. The molecule has 0 bridgehead atoms. The lowest BCUT2D eigenvalue weighted by molar-refractivity contribution is -0.112. The normalized spacial score (nSPS) is 10.9. The molecule has 0 saturated heterocycles. The van der Waals surface area contributed by atoms with Gasteiger partial charge in [0.2, 0.25) is 0 Å². The number of nitriles is 1. The molecular formula is C26H23ClN2O3.